The van der Waals surface area contributed by atoms with E-state index >= 15 is 0 Å². The first-order valence-corrected chi connectivity index (χ1v) is 8.75. The molecule has 0 heterocycles. The third-order valence-corrected chi connectivity index (χ3v) is 4.93. The highest BCUT2D eigenvalue weighted by Crippen LogP contribution is 2.16. The first-order valence-electron chi connectivity index (χ1n) is 6.90. The molecule has 1 aromatic carbocycles. The molecule has 0 aliphatic carbocycles. The summed E-state index contributed by atoms with van der Waals surface area (Å²) in [6.45, 7) is 2.01. The van der Waals surface area contributed by atoms with Gasteiger partial charge in [0.05, 0.1) is 4.90 Å². The zero-order valence-electron chi connectivity index (χ0n) is 12.9. The van der Waals surface area contributed by atoms with E-state index in [1.165, 1.54) is 26.2 Å². The van der Waals surface area contributed by atoms with Crippen molar-refractivity contribution < 1.29 is 13.2 Å². The molecule has 0 aliphatic rings. The number of thiocarbonyl (C=S) groups is 1. The molecule has 0 saturated carbocycles. The lowest BCUT2D eigenvalue weighted by Gasteiger charge is -2.13. The summed E-state index contributed by atoms with van der Waals surface area (Å²) in [5.74, 6) is -0.133. The van der Waals surface area contributed by atoms with Crippen LogP contribution < -0.4 is 10.6 Å². The predicted octanol–water partition coefficient (Wildman–Crippen LogP) is 1.94. The number of sulfonamides is 1. The normalized spacial score (nSPS) is 11.3. The van der Waals surface area contributed by atoms with Crippen LogP contribution in [0.5, 0.6) is 0 Å². The number of amides is 1. The van der Waals surface area contributed by atoms with Crippen molar-refractivity contribution in [2.75, 3.05) is 19.4 Å². The summed E-state index contributed by atoms with van der Waals surface area (Å²) >= 11 is 5.04. The standard InChI is InChI=1S/C14H21N3O3S2/c1-4-5-6-13(18)16-14(21)15-11-7-9-12(10-8-11)22(19,20)17(2)3/h7-10H,4-6H2,1-3H3,(H2,15,16,18,21). The monoisotopic (exact) mass is 343 g/mol. The zero-order valence-corrected chi connectivity index (χ0v) is 14.6. The number of benzene rings is 1. The van der Waals surface area contributed by atoms with Crippen LogP contribution in [-0.2, 0) is 14.8 Å². The molecule has 0 radical (unpaired) electrons. The first-order chi connectivity index (χ1) is 10.3. The molecule has 6 nitrogen and oxygen atoms in total. The molecular formula is C14H21N3O3S2. The van der Waals surface area contributed by atoms with Gasteiger partial charge in [-0.15, -0.1) is 0 Å². The van der Waals surface area contributed by atoms with Crippen LogP contribution in [0, 0.1) is 0 Å². The molecule has 1 rings (SSSR count). The minimum atomic E-state index is -3.45. The van der Waals surface area contributed by atoms with Crippen LogP contribution in [0.25, 0.3) is 0 Å². The number of nitrogens with zero attached hydrogens (tertiary/aromatic N) is 1. The molecule has 0 spiro atoms. The number of hydrogen-bond acceptors (Lipinski definition) is 4. The number of unbranched alkanes of at least 4 members (excludes halogenated alkanes) is 1. The maximum atomic E-state index is 11.9. The van der Waals surface area contributed by atoms with E-state index in [0.717, 1.165) is 17.1 Å². The van der Waals surface area contributed by atoms with E-state index in [2.05, 4.69) is 10.6 Å². The maximum Gasteiger partial charge on any atom is 0.242 e. The lowest BCUT2D eigenvalue weighted by molar-refractivity contribution is -0.119. The summed E-state index contributed by atoms with van der Waals surface area (Å²) in [4.78, 5) is 11.7. The average molecular weight is 343 g/mol. The molecule has 1 amide bonds. The van der Waals surface area contributed by atoms with Gasteiger partial charge in [-0.2, -0.15) is 0 Å². The third kappa shape index (κ3) is 5.36. The predicted molar refractivity (Wildman–Crippen MR) is 91.2 cm³/mol. The smallest absolute Gasteiger partial charge is 0.242 e. The van der Waals surface area contributed by atoms with Gasteiger partial charge in [0.1, 0.15) is 0 Å². The van der Waals surface area contributed by atoms with Gasteiger partial charge in [-0.1, -0.05) is 13.3 Å². The van der Waals surface area contributed by atoms with Crippen molar-refractivity contribution in [2.24, 2.45) is 0 Å². The number of hydrogen-bond donors (Lipinski definition) is 2. The Balaban J connectivity index is 2.65. The second kappa shape index (κ2) is 8.21. The minimum absolute atomic E-state index is 0.133. The molecule has 0 aliphatic heterocycles. The Morgan fingerprint density at radius 3 is 2.32 bits per heavy atom. The summed E-state index contributed by atoms with van der Waals surface area (Å²) in [6, 6.07) is 6.17. The molecule has 122 valence electrons. The summed E-state index contributed by atoms with van der Waals surface area (Å²) < 4.78 is 25.0. The molecule has 0 bridgehead atoms. The van der Waals surface area contributed by atoms with Gasteiger partial charge in [-0.3, -0.25) is 4.79 Å². The quantitative estimate of drug-likeness (QED) is 0.772. The van der Waals surface area contributed by atoms with E-state index in [-0.39, 0.29) is 15.9 Å². The lowest BCUT2D eigenvalue weighted by atomic mass is 10.2. The van der Waals surface area contributed by atoms with Gasteiger partial charge in [0.15, 0.2) is 5.11 Å². The fourth-order valence-electron chi connectivity index (χ4n) is 1.61. The molecular weight excluding hydrogens is 322 g/mol. The second-order valence-corrected chi connectivity index (χ2v) is 7.48. The molecule has 0 saturated heterocycles. The van der Waals surface area contributed by atoms with Crippen molar-refractivity contribution in [3.8, 4) is 0 Å². The van der Waals surface area contributed by atoms with Crippen molar-refractivity contribution in [2.45, 2.75) is 31.1 Å². The fraction of sp³-hybridized carbons (Fsp3) is 0.429. The Labute approximate surface area is 136 Å². The Morgan fingerprint density at radius 2 is 1.82 bits per heavy atom. The largest absolute Gasteiger partial charge is 0.332 e. The summed E-state index contributed by atoms with van der Waals surface area (Å²) in [5, 5.41) is 5.63. The van der Waals surface area contributed by atoms with Crippen molar-refractivity contribution in [3.05, 3.63) is 24.3 Å². The molecule has 2 N–H and O–H groups in total. The highest BCUT2D eigenvalue weighted by Gasteiger charge is 2.16. The number of anilines is 1. The molecule has 8 heteroatoms. The molecule has 0 aromatic heterocycles. The van der Waals surface area contributed by atoms with Crippen LogP contribution in [-0.4, -0.2) is 37.8 Å². The number of carbonyl (C=O) groups excluding carboxylic acids is 1. The van der Waals surface area contributed by atoms with Gasteiger partial charge in [0.25, 0.3) is 0 Å². The van der Waals surface area contributed by atoms with Crippen LogP contribution in [0.4, 0.5) is 5.69 Å². The van der Waals surface area contributed by atoms with Crippen molar-refractivity contribution in [1.82, 2.24) is 9.62 Å². The van der Waals surface area contributed by atoms with E-state index in [4.69, 9.17) is 12.2 Å². The SMILES string of the molecule is CCCCC(=O)NC(=S)Nc1ccc(S(=O)(=O)N(C)C)cc1. The Kier molecular flexibility index (Phi) is 6.92. The molecule has 0 fully saturated rings. The Bertz CT molecular complexity index is 625. The van der Waals surface area contributed by atoms with Crippen LogP contribution in [0.2, 0.25) is 0 Å². The average Bonchev–Trinajstić information content (AvgIpc) is 2.45. The number of nitrogens with one attached hydrogen (secondary N) is 2. The summed E-state index contributed by atoms with van der Waals surface area (Å²) in [6.07, 6.45) is 2.18. The molecule has 22 heavy (non-hydrogen) atoms. The molecule has 1 aromatic rings. The second-order valence-electron chi connectivity index (χ2n) is 4.92. The van der Waals surface area contributed by atoms with Gasteiger partial charge in [-0.05, 0) is 42.9 Å². The van der Waals surface area contributed by atoms with E-state index in [0.29, 0.717) is 12.1 Å². The zero-order chi connectivity index (χ0) is 16.8. The van der Waals surface area contributed by atoms with E-state index in [9.17, 15) is 13.2 Å². The first kappa shape index (κ1) is 18.5. The number of rotatable bonds is 6. The fourth-order valence-corrected chi connectivity index (χ4v) is 2.74. The van der Waals surface area contributed by atoms with E-state index < -0.39 is 10.0 Å². The van der Waals surface area contributed by atoms with E-state index in [1.807, 2.05) is 6.92 Å². The minimum Gasteiger partial charge on any atom is -0.332 e. The summed E-state index contributed by atoms with van der Waals surface area (Å²) in [7, 11) is -0.499. The highest BCUT2D eigenvalue weighted by molar-refractivity contribution is 7.89. The van der Waals surface area contributed by atoms with Gasteiger partial charge in [0, 0.05) is 26.2 Å². The molecule has 0 atom stereocenters. The van der Waals surface area contributed by atoms with Crippen LogP contribution in [0.1, 0.15) is 26.2 Å². The molecule has 0 unspecified atom stereocenters. The lowest BCUT2D eigenvalue weighted by Crippen LogP contribution is -2.33. The third-order valence-electron chi connectivity index (χ3n) is 2.90. The highest BCUT2D eigenvalue weighted by atomic mass is 32.2. The van der Waals surface area contributed by atoms with Gasteiger partial charge < -0.3 is 10.6 Å². The van der Waals surface area contributed by atoms with E-state index in [1.54, 1.807) is 12.1 Å². The maximum absolute atomic E-state index is 11.9. The van der Waals surface area contributed by atoms with Gasteiger partial charge in [-0.25, -0.2) is 12.7 Å². The van der Waals surface area contributed by atoms with Crippen molar-refractivity contribution in [3.63, 3.8) is 0 Å². The number of carbonyl (C=O) groups is 1. The van der Waals surface area contributed by atoms with Crippen molar-refractivity contribution >= 4 is 38.9 Å². The topological polar surface area (TPSA) is 78.5 Å². The van der Waals surface area contributed by atoms with Crippen LogP contribution >= 0.6 is 12.2 Å². The van der Waals surface area contributed by atoms with Crippen LogP contribution in [0.15, 0.2) is 29.2 Å². The Morgan fingerprint density at radius 1 is 1.23 bits per heavy atom. The van der Waals surface area contributed by atoms with Crippen LogP contribution in [0.3, 0.4) is 0 Å². The Hall–Kier alpha value is -1.51. The summed E-state index contributed by atoms with van der Waals surface area (Å²) in [5.41, 5.74) is 0.610. The van der Waals surface area contributed by atoms with Crippen molar-refractivity contribution in [1.29, 1.82) is 0 Å². The van der Waals surface area contributed by atoms with Gasteiger partial charge in [0.2, 0.25) is 15.9 Å². The van der Waals surface area contributed by atoms with Gasteiger partial charge >= 0.3 is 0 Å².